The van der Waals surface area contributed by atoms with Crippen LogP contribution in [-0.2, 0) is 11.2 Å². The first-order valence-electron chi connectivity index (χ1n) is 6.04. The first-order chi connectivity index (χ1) is 9.11. The van der Waals surface area contributed by atoms with E-state index in [2.05, 4.69) is 15.6 Å². The van der Waals surface area contributed by atoms with Gasteiger partial charge < -0.3 is 16.4 Å². The number of aryl methyl sites for hydroxylation is 1. The number of nitrogen functional groups attached to an aromatic ring is 1. The molecule has 1 aliphatic heterocycles. The van der Waals surface area contributed by atoms with Gasteiger partial charge in [-0.25, -0.2) is 4.98 Å². The number of fused-ring (bicyclic) bond motifs is 1. The molecule has 2 aromatic rings. The summed E-state index contributed by atoms with van der Waals surface area (Å²) in [6.45, 7) is 1.94. The predicted molar refractivity (Wildman–Crippen MR) is 75.4 cm³/mol. The second-order valence-corrected chi connectivity index (χ2v) is 4.65. The lowest BCUT2D eigenvalue weighted by molar-refractivity contribution is -0.115. The van der Waals surface area contributed by atoms with E-state index in [0.717, 1.165) is 28.3 Å². The van der Waals surface area contributed by atoms with Crippen molar-refractivity contribution in [2.45, 2.75) is 13.3 Å². The first kappa shape index (κ1) is 11.5. The maximum atomic E-state index is 11.3. The maximum Gasteiger partial charge on any atom is 0.228 e. The fourth-order valence-corrected chi connectivity index (χ4v) is 2.09. The first-order valence-corrected chi connectivity index (χ1v) is 6.04. The van der Waals surface area contributed by atoms with Gasteiger partial charge in [0.05, 0.1) is 18.3 Å². The molecule has 1 aliphatic rings. The highest BCUT2D eigenvalue weighted by Gasteiger charge is 2.17. The van der Waals surface area contributed by atoms with Crippen molar-refractivity contribution in [1.82, 2.24) is 4.98 Å². The van der Waals surface area contributed by atoms with Crippen LogP contribution in [0.2, 0.25) is 0 Å². The number of benzene rings is 1. The molecule has 0 bridgehead atoms. The van der Waals surface area contributed by atoms with Crippen LogP contribution in [0.3, 0.4) is 0 Å². The molecule has 0 saturated carbocycles. The lowest BCUT2D eigenvalue weighted by Gasteiger charge is -2.08. The Kier molecular flexibility index (Phi) is 2.59. The van der Waals surface area contributed by atoms with Crippen LogP contribution in [0.15, 0.2) is 30.5 Å². The summed E-state index contributed by atoms with van der Waals surface area (Å²) in [6.07, 6.45) is 2.06. The van der Waals surface area contributed by atoms with E-state index in [9.17, 15) is 4.79 Å². The van der Waals surface area contributed by atoms with E-state index in [1.54, 1.807) is 6.20 Å². The summed E-state index contributed by atoms with van der Waals surface area (Å²) in [5.74, 6) is 0.775. The Morgan fingerprint density at radius 3 is 3.00 bits per heavy atom. The van der Waals surface area contributed by atoms with Gasteiger partial charge in [0, 0.05) is 11.4 Å². The summed E-state index contributed by atoms with van der Waals surface area (Å²) in [7, 11) is 0. The number of nitrogens with two attached hydrogens (primary N) is 1. The second-order valence-electron chi connectivity index (χ2n) is 4.65. The normalized spacial score (nSPS) is 13.0. The average molecular weight is 254 g/mol. The minimum atomic E-state index is 0.0357. The molecule has 0 aliphatic carbocycles. The van der Waals surface area contributed by atoms with Crippen molar-refractivity contribution in [1.29, 1.82) is 0 Å². The molecule has 2 heterocycles. The third kappa shape index (κ3) is 2.22. The molecule has 3 rings (SSSR count). The highest BCUT2D eigenvalue weighted by atomic mass is 16.1. The highest BCUT2D eigenvalue weighted by molar-refractivity contribution is 5.99. The Bertz CT molecular complexity index is 666. The summed E-state index contributed by atoms with van der Waals surface area (Å²) in [4.78, 5) is 15.5. The quantitative estimate of drug-likeness (QED) is 0.767. The van der Waals surface area contributed by atoms with Crippen LogP contribution in [-0.4, -0.2) is 10.9 Å². The van der Waals surface area contributed by atoms with Crippen molar-refractivity contribution in [3.05, 3.63) is 41.6 Å². The average Bonchev–Trinajstić information content (AvgIpc) is 2.73. The zero-order valence-electron chi connectivity index (χ0n) is 10.5. The fourth-order valence-electron chi connectivity index (χ4n) is 2.09. The third-order valence-corrected chi connectivity index (χ3v) is 3.15. The molecule has 96 valence electrons. The number of hydrogen-bond donors (Lipinski definition) is 3. The molecule has 0 saturated heterocycles. The summed E-state index contributed by atoms with van der Waals surface area (Å²) in [5, 5.41) is 6.02. The smallest absolute Gasteiger partial charge is 0.228 e. The van der Waals surface area contributed by atoms with Gasteiger partial charge in [0.25, 0.3) is 0 Å². The summed E-state index contributed by atoms with van der Waals surface area (Å²) >= 11 is 0. The van der Waals surface area contributed by atoms with Crippen LogP contribution >= 0.6 is 0 Å². The number of pyridine rings is 1. The number of nitrogens with one attached hydrogen (secondary N) is 2. The molecule has 0 fully saturated rings. The zero-order valence-corrected chi connectivity index (χ0v) is 10.5. The monoisotopic (exact) mass is 254 g/mol. The molecule has 0 spiro atoms. The van der Waals surface area contributed by atoms with Gasteiger partial charge >= 0.3 is 0 Å². The summed E-state index contributed by atoms with van der Waals surface area (Å²) in [5.41, 5.74) is 10.2. The van der Waals surface area contributed by atoms with E-state index in [0.29, 0.717) is 12.1 Å². The van der Waals surface area contributed by atoms with Gasteiger partial charge in [0.2, 0.25) is 5.91 Å². The molecule has 1 aromatic heterocycles. The largest absolute Gasteiger partial charge is 0.397 e. The predicted octanol–water partition coefficient (Wildman–Crippen LogP) is 2.21. The Morgan fingerprint density at radius 2 is 2.21 bits per heavy atom. The molecule has 19 heavy (non-hydrogen) atoms. The van der Waals surface area contributed by atoms with Crippen molar-refractivity contribution in [3.8, 4) is 0 Å². The molecule has 1 aromatic carbocycles. The third-order valence-electron chi connectivity index (χ3n) is 3.15. The Balaban J connectivity index is 1.86. The standard InChI is InChI=1S/C14H14N4O/c1-8-4-13(16-7-11(8)15)17-10-2-3-12-9(5-10)6-14(19)18-12/h2-5,7H,6,15H2,1H3,(H,16,17)(H,18,19). The van der Waals surface area contributed by atoms with Crippen LogP contribution in [0.4, 0.5) is 22.9 Å². The van der Waals surface area contributed by atoms with Crippen LogP contribution in [0.25, 0.3) is 0 Å². The lowest BCUT2D eigenvalue weighted by Crippen LogP contribution is -2.03. The van der Waals surface area contributed by atoms with E-state index < -0.39 is 0 Å². The van der Waals surface area contributed by atoms with Crippen molar-refractivity contribution in [2.24, 2.45) is 0 Å². The van der Waals surface area contributed by atoms with Crippen molar-refractivity contribution < 1.29 is 4.79 Å². The number of nitrogens with zero attached hydrogens (tertiary/aromatic N) is 1. The van der Waals surface area contributed by atoms with Gasteiger partial charge in [-0.2, -0.15) is 0 Å². The number of hydrogen-bond acceptors (Lipinski definition) is 4. The highest BCUT2D eigenvalue weighted by Crippen LogP contribution is 2.27. The molecule has 0 atom stereocenters. The van der Waals surface area contributed by atoms with Gasteiger partial charge in [0.15, 0.2) is 0 Å². The molecule has 1 amide bonds. The Hall–Kier alpha value is -2.56. The van der Waals surface area contributed by atoms with Crippen LogP contribution in [0.1, 0.15) is 11.1 Å². The maximum absolute atomic E-state index is 11.3. The topological polar surface area (TPSA) is 80.0 Å². The molecule has 5 heteroatoms. The van der Waals surface area contributed by atoms with Crippen molar-refractivity contribution in [3.63, 3.8) is 0 Å². The number of carbonyl (C=O) groups is 1. The minimum absolute atomic E-state index is 0.0357. The van der Waals surface area contributed by atoms with E-state index in [4.69, 9.17) is 5.73 Å². The van der Waals surface area contributed by atoms with E-state index in [1.807, 2.05) is 31.2 Å². The SMILES string of the molecule is Cc1cc(Nc2ccc3c(c2)CC(=O)N3)ncc1N. The van der Waals surface area contributed by atoms with E-state index in [1.165, 1.54) is 0 Å². The second kappa shape index (κ2) is 4.28. The van der Waals surface area contributed by atoms with Gasteiger partial charge in [-0.1, -0.05) is 0 Å². The fraction of sp³-hybridized carbons (Fsp3) is 0.143. The van der Waals surface area contributed by atoms with Crippen LogP contribution in [0.5, 0.6) is 0 Å². The van der Waals surface area contributed by atoms with Crippen molar-refractivity contribution >= 4 is 28.8 Å². The molecule has 5 nitrogen and oxygen atoms in total. The lowest BCUT2D eigenvalue weighted by atomic mass is 10.1. The minimum Gasteiger partial charge on any atom is -0.397 e. The van der Waals surface area contributed by atoms with Crippen molar-refractivity contribution in [2.75, 3.05) is 16.4 Å². The number of rotatable bonds is 2. The van der Waals surface area contributed by atoms with Gasteiger partial charge in [0.1, 0.15) is 5.82 Å². The number of anilines is 4. The number of amides is 1. The molecular weight excluding hydrogens is 240 g/mol. The van der Waals surface area contributed by atoms with Gasteiger partial charge in [-0.3, -0.25) is 4.79 Å². The molecule has 4 N–H and O–H groups in total. The van der Waals surface area contributed by atoms with E-state index >= 15 is 0 Å². The zero-order chi connectivity index (χ0) is 13.4. The molecular formula is C14H14N4O. The van der Waals surface area contributed by atoms with Gasteiger partial charge in [-0.15, -0.1) is 0 Å². The molecule has 0 unspecified atom stereocenters. The summed E-state index contributed by atoms with van der Waals surface area (Å²) < 4.78 is 0. The van der Waals surface area contributed by atoms with Crippen LogP contribution in [0, 0.1) is 6.92 Å². The number of aromatic nitrogens is 1. The van der Waals surface area contributed by atoms with Crippen LogP contribution < -0.4 is 16.4 Å². The van der Waals surface area contributed by atoms with E-state index in [-0.39, 0.29) is 5.91 Å². The van der Waals surface area contributed by atoms with Gasteiger partial charge in [-0.05, 0) is 42.3 Å². The Morgan fingerprint density at radius 1 is 1.37 bits per heavy atom. The Labute approximate surface area is 110 Å². The molecule has 0 radical (unpaired) electrons. The summed E-state index contributed by atoms with van der Waals surface area (Å²) in [6, 6.07) is 7.66. The number of carbonyl (C=O) groups excluding carboxylic acids is 1.